The lowest BCUT2D eigenvalue weighted by atomic mass is 9.76. The van der Waals surface area contributed by atoms with Crippen LogP contribution in [0.3, 0.4) is 0 Å². The van der Waals surface area contributed by atoms with Crippen molar-refractivity contribution >= 4 is 11.9 Å². The molecule has 0 radical (unpaired) electrons. The van der Waals surface area contributed by atoms with Crippen LogP contribution in [0.1, 0.15) is 39.0 Å². The average Bonchev–Trinajstić information content (AvgIpc) is 2.92. The average molecular weight is 269 g/mol. The van der Waals surface area contributed by atoms with Crippen LogP contribution in [0.4, 0.5) is 0 Å². The fourth-order valence-electron chi connectivity index (χ4n) is 3.27. The van der Waals surface area contributed by atoms with Gasteiger partial charge in [0.05, 0.1) is 17.9 Å². The first-order valence-corrected chi connectivity index (χ1v) is 7.19. The Morgan fingerprint density at radius 3 is 2.84 bits per heavy atom. The molecular formula is C14H23NO4. The molecule has 0 aliphatic carbocycles. The predicted octanol–water partition coefficient (Wildman–Crippen LogP) is 1.52. The molecule has 0 aromatic rings. The molecule has 5 nitrogen and oxygen atoms in total. The molecule has 5 heteroatoms. The van der Waals surface area contributed by atoms with Crippen LogP contribution in [0.5, 0.6) is 0 Å². The maximum Gasteiger partial charge on any atom is 0.311 e. The van der Waals surface area contributed by atoms with Crippen LogP contribution in [0.15, 0.2) is 0 Å². The van der Waals surface area contributed by atoms with Crippen LogP contribution < -0.4 is 0 Å². The van der Waals surface area contributed by atoms with Gasteiger partial charge in [-0.15, -0.1) is 0 Å². The Labute approximate surface area is 113 Å². The number of amides is 1. The van der Waals surface area contributed by atoms with Crippen molar-refractivity contribution in [2.45, 2.75) is 39.0 Å². The molecule has 0 aromatic carbocycles. The molecule has 2 fully saturated rings. The molecule has 2 aliphatic rings. The van der Waals surface area contributed by atoms with Crippen molar-refractivity contribution in [3.8, 4) is 0 Å². The van der Waals surface area contributed by atoms with Crippen LogP contribution in [-0.2, 0) is 14.3 Å². The Morgan fingerprint density at radius 1 is 1.47 bits per heavy atom. The predicted molar refractivity (Wildman–Crippen MR) is 69.7 cm³/mol. The molecule has 1 N–H and O–H groups in total. The van der Waals surface area contributed by atoms with Gasteiger partial charge in [0.2, 0.25) is 5.91 Å². The molecule has 0 bridgehead atoms. The number of hydrogen-bond donors (Lipinski definition) is 1. The minimum absolute atomic E-state index is 0.0637. The summed E-state index contributed by atoms with van der Waals surface area (Å²) in [5.74, 6) is -0.736. The number of carboxylic acids is 1. The van der Waals surface area contributed by atoms with Gasteiger partial charge in [0, 0.05) is 19.7 Å². The quantitative estimate of drug-likeness (QED) is 0.840. The van der Waals surface area contributed by atoms with Gasteiger partial charge in [-0.3, -0.25) is 9.59 Å². The molecule has 2 aliphatic heterocycles. The van der Waals surface area contributed by atoms with Gasteiger partial charge in [0.15, 0.2) is 0 Å². The Bertz CT molecular complexity index is 347. The van der Waals surface area contributed by atoms with Crippen molar-refractivity contribution in [1.29, 1.82) is 0 Å². The van der Waals surface area contributed by atoms with E-state index in [1.807, 2.05) is 6.92 Å². The molecule has 2 atom stereocenters. The highest BCUT2D eigenvalue weighted by Gasteiger charge is 2.43. The standard InChI is InChI=1S/C14H23NO4/c1-2-5-14(13(17)18)6-3-7-15(10-14)12(16)11-4-8-19-9-11/h11H,2-10H2,1H3,(H,17,18). The summed E-state index contributed by atoms with van der Waals surface area (Å²) < 4.78 is 5.25. The van der Waals surface area contributed by atoms with Gasteiger partial charge in [-0.2, -0.15) is 0 Å². The second-order valence-corrected chi connectivity index (χ2v) is 5.76. The van der Waals surface area contributed by atoms with Gasteiger partial charge in [-0.1, -0.05) is 13.3 Å². The minimum Gasteiger partial charge on any atom is -0.481 e. The maximum absolute atomic E-state index is 12.4. The second-order valence-electron chi connectivity index (χ2n) is 5.76. The van der Waals surface area contributed by atoms with E-state index in [0.717, 1.165) is 19.3 Å². The Morgan fingerprint density at radius 2 is 2.26 bits per heavy atom. The number of carbonyl (C=O) groups is 2. The van der Waals surface area contributed by atoms with Crippen LogP contribution in [0, 0.1) is 11.3 Å². The first kappa shape index (κ1) is 14.3. The fraction of sp³-hybridized carbons (Fsp3) is 0.857. The summed E-state index contributed by atoms with van der Waals surface area (Å²) in [5, 5.41) is 9.52. The van der Waals surface area contributed by atoms with Crippen LogP contribution in [0.2, 0.25) is 0 Å². The first-order valence-electron chi connectivity index (χ1n) is 7.19. The smallest absolute Gasteiger partial charge is 0.311 e. The number of hydrogen-bond acceptors (Lipinski definition) is 3. The molecule has 0 saturated carbocycles. The number of carbonyl (C=O) groups excluding carboxylic acids is 1. The van der Waals surface area contributed by atoms with Crippen molar-refractivity contribution in [2.24, 2.45) is 11.3 Å². The fourth-order valence-corrected chi connectivity index (χ4v) is 3.27. The van der Waals surface area contributed by atoms with E-state index in [2.05, 4.69) is 0 Å². The number of nitrogens with zero attached hydrogens (tertiary/aromatic N) is 1. The molecule has 1 amide bonds. The van der Waals surface area contributed by atoms with Crippen molar-refractivity contribution in [3.05, 3.63) is 0 Å². The number of ether oxygens (including phenoxy) is 1. The van der Waals surface area contributed by atoms with Crippen molar-refractivity contribution < 1.29 is 19.4 Å². The van der Waals surface area contributed by atoms with Crippen LogP contribution in [0.25, 0.3) is 0 Å². The summed E-state index contributed by atoms with van der Waals surface area (Å²) in [4.78, 5) is 25.7. The van der Waals surface area contributed by atoms with E-state index < -0.39 is 11.4 Å². The van der Waals surface area contributed by atoms with Gasteiger partial charge in [-0.05, 0) is 25.7 Å². The highest BCUT2D eigenvalue weighted by molar-refractivity contribution is 5.81. The van der Waals surface area contributed by atoms with E-state index in [1.165, 1.54) is 0 Å². The third-order valence-electron chi connectivity index (χ3n) is 4.35. The Hall–Kier alpha value is -1.10. The zero-order valence-electron chi connectivity index (χ0n) is 11.6. The second kappa shape index (κ2) is 5.90. The maximum atomic E-state index is 12.4. The molecule has 108 valence electrons. The summed E-state index contributed by atoms with van der Waals surface area (Å²) in [6.07, 6.45) is 3.71. The highest BCUT2D eigenvalue weighted by atomic mass is 16.5. The van der Waals surface area contributed by atoms with Gasteiger partial charge in [-0.25, -0.2) is 0 Å². The first-order chi connectivity index (χ1) is 9.09. The molecule has 19 heavy (non-hydrogen) atoms. The monoisotopic (exact) mass is 269 g/mol. The normalized spacial score (nSPS) is 31.4. The van der Waals surface area contributed by atoms with Gasteiger partial charge in [0.1, 0.15) is 0 Å². The number of piperidine rings is 1. The largest absolute Gasteiger partial charge is 0.481 e. The minimum atomic E-state index is -0.755. The summed E-state index contributed by atoms with van der Waals surface area (Å²) in [6, 6.07) is 0. The lowest BCUT2D eigenvalue weighted by Crippen LogP contribution is -2.51. The zero-order valence-corrected chi connectivity index (χ0v) is 11.6. The van der Waals surface area contributed by atoms with E-state index >= 15 is 0 Å². The lowest BCUT2D eigenvalue weighted by Gasteiger charge is -2.40. The SMILES string of the molecule is CCCC1(C(=O)O)CCCN(C(=O)C2CCOC2)C1. The molecular weight excluding hydrogens is 246 g/mol. The van der Waals surface area contributed by atoms with E-state index in [0.29, 0.717) is 39.1 Å². The number of rotatable bonds is 4. The molecule has 2 heterocycles. The molecule has 2 unspecified atom stereocenters. The highest BCUT2D eigenvalue weighted by Crippen LogP contribution is 2.36. The third-order valence-corrected chi connectivity index (χ3v) is 4.35. The number of carboxylic acid groups (broad SMARTS) is 1. The molecule has 0 aromatic heterocycles. The zero-order chi connectivity index (χ0) is 13.9. The summed E-state index contributed by atoms with van der Waals surface area (Å²) in [5.41, 5.74) is -0.734. The number of likely N-dealkylation sites (tertiary alicyclic amines) is 1. The van der Waals surface area contributed by atoms with E-state index in [4.69, 9.17) is 4.74 Å². The van der Waals surface area contributed by atoms with Crippen molar-refractivity contribution in [2.75, 3.05) is 26.3 Å². The lowest BCUT2D eigenvalue weighted by molar-refractivity contribution is -0.156. The van der Waals surface area contributed by atoms with Gasteiger partial charge < -0.3 is 14.7 Å². The topological polar surface area (TPSA) is 66.8 Å². The van der Waals surface area contributed by atoms with E-state index in [9.17, 15) is 14.7 Å². The molecule has 2 saturated heterocycles. The van der Waals surface area contributed by atoms with E-state index in [1.54, 1.807) is 4.90 Å². The Kier molecular flexibility index (Phi) is 4.45. The van der Waals surface area contributed by atoms with E-state index in [-0.39, 0.29) is 11.8 Å². The third kappa shape index (κ3) is 2.91. The Balaban J connectivity index is 2.06. The molecule has 0 spiro atoms. The summed E-state index contributed by atoms with van der Waals surface area (Å²) in [7, 11) is 0. The summed E-state index contributed by atoms with van der Waals surface area (Å²) >= 11 is 0. The van der Waals surface area contributed by atoms with Crippen molar-refractivity contribution in [1.82, 2.24) is 4.90 Å². The van der Waals surface area contributed by atoms with Crippen LogP contribution >= 0.6 is 0 Å². The van der Waals surface area contributed by atoms with Crippen LogP contribution in [-0.4, -0.2) is 48.2 Å². The van der Waals surface area contributed by atoms with Gasteiger partial charge in [0.25, 0.3) is 0 Å². The molecule has 2 rings (SSSR count). The summed E-state index contributed by atoms with van der Waals surface area (Å²) in [6.45, 7) is 4.18. The van der Waals surface area contributed by atoms with Gasteiger partial charge >= 0.3 is 5.97 Å². The van der Waals surface area contributed by atoms with Crippen molar-refractivity contribution in [3.63, 3.8) is 0 Å². The number of aliphatic carboxylic acids is 1.